The molecule has 0 amide bonds. The van der Waals surface area contributed by atoms with Gasteiger partial charge in [0.05, 0.1) is 5.39 Å². The number of nitrogen functional groups attached to an aromatic ring is 1. The summed E-state index contributed by atoms with van der Waals surface area (Å²) >= 11 is 0. The molecule has 0 spiro atoms. The summed E-state index contributed by atoms with van der Waals surface area (Å²) in [5.74, 6) is 6.38. The minimum atomic E-state index is -0.683. The molecule has 0 aliphatic rings. The highest BCUT2D eigenvalue weighted by Crippen LogP contribution is 2.23. The third-order valence-corrected chi connectivity index (χ3v) is 4.13. The van der Waals surface area contributed by atoms with Crippen molar-refractivity contribution in [3.8, 4) is 23.2 Å². The first-order chi connectivity index (χ1) is 12.6. The molecule has 26 heavy (non-hydrogen) atoms. The largest absolute Gasteiger partial charge is 0.384 e. The molecule has 1 atom stereocenters. The van der Waals surface area contributed by atoms with Crippen LogP contribution in [0, 0.1) is 11.8 Å². The number of nitrogens with one attached hydrogen (secondary N) is 1. The molecule has 134 valence electrons. The van der Waals surface area contributed by atoms with Crippen molar-refractivity contribution in [1.82, 2.24) is 19.5 Å². The summed E-state index contributed by atoms with van der Waals surface area (Å²) in [6.07, 6.45) is 4.00. The van der Waals surface area contributed by atoms with Gasteiger partial charge in [0.25, 0.3) is 0 Å². The lowest BCUT2D eigenvalue weighted by Crippen LogP contribution is -2.18. The number of nitrogens with two attached hydrogens (primary N) is 1. The van der Waals surface area contributed by atoms with Gasteiger partial charge in [-0.1, -0.05) is 19.3 Å². The van der Waals surface area contributed by atoms with Crippen LogP contribution in [0.4, 0.5) is 5.82 Å². The number of fused-ring (bicyclic) bond motifs is 1. The van der Waals surface area contributed by atoms with Gasteiger partial charge in [0.2, 0.25) is 5.43 Å². The molecule has 0 aliphatic carbocycles. The second kappa shape index (κ2) is 7.42. The minimum absolute atomic E-state index is 0.227. The van der Waals surface area contributed by atoms with E-state index in [2.05, 4.69) is 26.8 Å². The van der Waals surface area contributed by atoms with Gasteiger partial charge < -0.3 is 20.4 Å². The number of aliphatic hydroxyl groups excluding tert-OH is 1. The number of hydrogen-bond donors (Lipinski definition) is 3. The first-order valence-electron chi connectivity index (χ1n) is 8.59. The maximum atomic E-state index is 12.9. The second-order valence-electron chi connectivity index (χ2n) is 5.91. The highest BCUT2D eigenvalue weighted by atomic mass is 16.3. The number of aryl methyl sites for hydroxylation is 1. The molecule has 3 rings (SSSR count). The van der Waals surface area contributed by atoms with E-state index in [1.165, 1.54) is 0 Å². The van der Waals surface area contributed by atoms with Crippen molar-refractivity contribution in [3.05, 3.63) is 40.4 Å². The maximum Gasteiger partial charge on any atom is 0.204 e. The van der Waals surface area contributed by atoms with Gasteiger partial charge in [-0.25, -0.2) is 9.97 Å². The number of hydrogen-bond acceptors (Lipinski definition) is 5. The quantitative estimate of drug-likeness (QED) is 0.622. The van der Waals surface area contributed by atoms with E-state index in [4.69, 9.17) is 5.73 Å². The van der Waals surface area contributed by atoms with Gasteiger partial charge in [-0.05, 0) is 31.4 Å². The summed E-state index contributed by atoms with van der Waals surface area (Å²) in [6, 6.07) is 3.37. The van der Waals surface area contributed by atoms with E-state index in [0.29, 0.717) is 46.9 Å². The van der Waals surface area contributed by atoms with E-state index >= 15 is 0 Å². The maximum absolute atomic E-state index is 12.9. The molecule has 1 unspecified atom stereocenters. The minimum Gasteiger partial charge on any atom is -0.384 e. The van der Waals surface area contributed by atoms with E-state index in [-0.39, 0.29) is 5.43 Å². The van der Waals surface area contributed by atoms with Crippen LogP contribution in [0.5, 0.6) is 0 Å². The number of pyridine rings is 2. The van der Waals surface area contributed by atoms with Gasteiger partial charge in [0.15, 0.2) is 0 Å². The molecule has 0 fully saturated rings. The molecule has 4 N–H and O–H groups in total. The summed E-state index contributed by atoms with van der Waals surface area (Å²) in [4.78, 5) is 24.5. The fourth-order valence-corrected chi connectivity index (χ4v) is 2.85. The average molecular weight is 351 g/mol. The monoisotopic (exact) mass is 351 g/mol. The molecule has 0 aliphatic heterocycles. The van der Waals surface area contributed by atoms with E-state index in [0.717, 1.165) is 6.42 Å². The zero-order chi connectivity index (χ0) is 18.7. The van der Waals surface area contributed by atoms with Crippen molar-refractivity contribution in [2.45, 2.75) is 39.3 Å². The molecule has 7 nitrogen and oxygen atoms in total. The Kier molecular flexibility index (Phi) is 5.05. The summed E-state index contributed by atoms with van der Waals surface area (Å²) in [5.41, 5.74) is 7.32. The zero-order valence-corrected chi connectivity index (χ0v) is 14.8. The number of aromatic amines is 1. The molecular formula is C19H21N5O2. The third-order valence-electron chi connectivity index (χ3n) is 4.13. The molecule has 0 saturated carbocycles. The second-order valence-corrected chi connectivity index (χ2v) is 5.91. The van der Waals surface area contributed by atoms with E-state index < -0.39 is 6.10 Å². The third kappa shape index (κ3) is 3.19. The molecule has 7 heteroatoms. The van der Waals surface area contributed by atoms with Gasteiger partial charge in [0.1, 0.15) is 34.7 Å². The van der Waals surface area contributed by atoms with Gasteiger partial charge in [0, 0.05) is 18.9 Å². The SMILES string of the molecule is CCCC(O)C#Cc1ccc2c(=O)c(-c3ncc[nH]3)c(N)n(CC)c2n1. The Morgan fingerprint density at radius 2 is 2.19 bits per heavy atom. The normalized spacial score (nSPS) is 12.0. The smallest absolute Gasteiger partial charge is 0.204 e. The average Bonchev–Trinajstić information content (AvgIpc) is 3.15. The number of anilines is 1. The van der Waals surface area contributed by atoms with Crippen molar-refractivity contribution in [2.24, 2.45) is 0 Å². The fraction of sp³-hybridized carbons (Fsp3) is 0.316. The highest BCUT2D eigenvalue weighted by molar-refractivity contribution is 5.86. The Balaban J connectivity index is 2.19. The van der Waals surface area contributed by atoms with Crippen molar-refractivity contribution in [1.29, 1.82) is 0 Å². The Labute approximate surface area is 150 Å². The van der Waals surface area contributed by atoms with Crippen LogP contribution in [-0.4, -0.2) is 30.7 Å². The topological polar surface area (TPSA) is 110 Å². The van der Waals surface area contributed by atoms with E-state index in [1.54, 1.807) is 29.1 Å². The Hall–Kier alpha value is -3.11. The summed E-state index contributed by atoms with van der Waals surface area (Å²) in [5, 5.41) is 10.2. The van der Waals surface area contributed by atoms with Gasteiger partial charge in [-0.2, -0.15) is 0 Å². The Morgan fingerprint density at radius 1 is 1.38 bits per heavy atom. The van der Waals surface area contributed by atoms with Crippen LogP contribution in [0.3, 0.4) is 0 Å². The van der Waals surface area contributed by atoms with Crippen LogP contribution in [-0.2, 0) is 6.54 Å². The fourth-order valence-electron chi connectivity index (χ4n) is 2.85. The summed E-state index contributed by atoms with van der Waals surface area (Å²) in [7, 11) is 0. The first kappa shape index (κ1) is 17.7. The lowest BCUT2D eigenvalue weighted by atomic mass is 10.1. The predicted octanol–water partition coefficient (Wildman–Crippen LogP) is 1.90. The number of aliphatic hydroxyl groups is 1. The first-order valence-corrected chi connectivity index (χ1v) is 8.59. The number of nitrogens with zero attached hydrogens (tertiary/aromatic N) is 3. The van der Waals surface area contributed by atoms with Gasteiger partial charge >= 0.3 is 0 Å². The zero-order valence-electron chi connectivity index (χ0n) is 14.8. The molecule has 3 aromatic heterocycles. The molecule has 0 radical (unpaired) electrons. The number of aromatic nitrogens is 4. The van der Waals surface area contributed by atoms with Crippen molar-refractivity contribution >= 4 is 16.9 Å². The molecule has 3 aromatic rings. The van der Waals surface area contributed by atoms with Gasteiger partial charge in [-0.3, -0.25) is 4.79 Å². The molecule has 0 aromatic carbocycles. The van der Waals surface area contributed by atoms with Crippen LogP contribution < -0.4 is 11.2 Å². The van der Waals surface area contributed by atoms with Crippen molar-refractivity contribution in [3.63, 3.8) is 0 Å². The standard InChI is InChI=1S/C19H21N5O2/c1-3-5-13(25)8-6-12-7-9-14-16(26)15(18-21-10-11-22-18)17(20)24(4-2)19(14)23-12/h7,9-11,13,25H,3-5,20H2,1-2H3,(H,21,22). The summed E-state index contributed by atoms with van der Waals surface area (Å²) in [6.45, 7) is 4.45. The predicted molar refractivity (Wildman–Crippen MR) is 101 cm³/mol. The van der Waals surface area contributed by atoms with Crippen LogP contribution in [0.25, 0.3) is 22.4 Å². The molecule has 3 heterocycles. The number of imidazole rings is 1. The van der Waals surface area contributed by atoms with E-state index in [1.807, 2.05) is 13.8 Å². The Bertz CT molecular complexity index is 1040. The lowest BCUT2D eigenvalue weighted by Gasteiger charge is -2.14. The van der Waals surface area contributed by atoms with Crippen LogP contribution in [0.1, 0.15) is 32.4 Å². The number of H-pyrrole nitrogens is 1. The highest BCUT2D eigenvalue weighted by Gasteiger charge is 2.18. The van der Waals surface area contributed by atoms with Crippen molar-refractivity contribution in [2.75, 3.05) is 5.73 Å². The van der Waals surface area contributed by atoms with E-state index in [9.17, 15) is 9.90 Å². The van der Waals surface area contributed by atoms with Crippen LogP contribution in [0.2, 0.25) is 0 Å². The number of rotatable bonds is 4. The van der Waals surface area contributed by atoms with Crippen LogP contribution in [0.15, 0.2) is 29.3 Å². The lowest BCUT2D eigenvalue weighted by molar-refractivity contribution is 0.221. The molecule has 0 saturated heterocycles. The van der Waals surface area contributed by atoms with Gasteiger partial charge in [-0.15, -0.1) is 0 Å². The van der Waals surface area contributed by atoms with Crippen molar-refractivity contribution < 1.29 is 5.11 Å². The Morgan fingerprint density at radius 3 is 2.85 bits per heavy atom. The summed E-state index contributed by atoms with van der Waals surface area (Å²) < 4.78 is 1.77. The van der Waals surface area contributed by atoms with Crippen LogP contribution >= 0.6 is 0 Å². The molecular weight excluding hydrogens is 330 g/mol. The molecule has 0 bridgehead atoms.